The third-order valence-electron chi connectivity index (χ3n) is 0.0772. The average molecular weight is 143 g/mol. The van der Waals surface area contributed by atoms with E-state index in [4.69, 9.17) is 6.42 Å². The van der Waals surface area contributed by atoms with Crippen LogP contribution in [-0.2, 0) is 0 Å². The largest absolute Gasteiger partial charge is 0.119 e. The molecule has 0 fully saturated rings. The molecule has 24 valence electrons. The van der Waals surface area contributed by atoms with Gasteiger partial charge in [-0.05, 0) is 0 Å². The van der Waals surface area contributed by atoms with Crippen LogP contribution in [0.25, 0.3) is 0 Å². The lowest BCUT2D eigenvalue weighted by Gasteiger charge is -1.50. The predicted molar refractivity (Wildman–Crippen MR) is 28.4 cm³/mol. The highest BCUT2D eigenvalue weighted by Gasteiger charge is 1.46. The van der Waals surface area contributed by atoms with E-state index in [2.05, 4.69) is 21.9 Å². The van der Waals surface area contributed by atoms with Crippen LogP contribution in [0, 0.1) is 12.3 Å². The van der Waals surface area contributed by atoms with Crippen LogP contribution in [0.15, 0.2) is 0 Å². The average Bonchev–Trinajstić information content (AvgIpc) is 1.37. The van der Waals surface area contributed by atoms with E-state index >= 15 is 0 Å². The van der Waals surface area contributed by atoms with Crippen molar-refractivity contribution in [1.82, 2.24) is 0 Å². The molecule has 0 aromatic carbocycles. The van der Waals surface area contributed by atoms with E-state index in [1.807, 2.05) is 0 Å². The molecule has 0 aliphatic heterocycles. The first-order valence-electron chi connectivity index (χ1n) is 0.909. The Balaban J connectivity index is 0. The number of rotatable bonds is 0. The van der Waals surface area contributed by atoms with E-state index in [-0.39, 0.29) is 23.1 Å². The van der Waals surface area contributed by atoms with Crippen LogP contribution in [0.5, 0.6) is 0 Å². The molecule has 0 saturated carbocycles. The van der Waals surface area contributed by atoms with Gasteiger partial charge in [0.15, 0.2) is 0 Å². The molecule has 0 heterocycles. The maximum Gasteiger partial charge on any atom is 0.0642 e. The summed E-state index contributed by atoms with van der Waals surface area (Å²) < 4.78 is 0. The van der Waals surface area contributed by atoms with Crippen molar-refractivity contribution in [2.24, 2.45) is 0 Å². The first-order chi connectivity index (χ1) is 1.91. The lowest BCUT2D eigenvalue weighted by Crippen LogP contribution is -1.45. The molecular weight excluding hydrogens is 140 g/mol. The van der Waals surface area contributed by atoms with Gasteiger partial charge in [-0.25, -0.2) is 0 Å². The second-order valence-electron chi connectivity index (χ2n) is 0.338. The molecule has 0 bridgehead atoms. The molecular formula is C3H3BrMg. The molecule has 0 saturated heterocycles. The summed E-state index contributed by atoms with van der Waals surface area (Å²) in [5, 5.41) is 0.660. The minimum Gasteiger partial charge on any atom is -0.119 e. The van der Waals surface area contributed by atoms with Gasteiger partial charge in [-0.15, -0.1) is 6.42 Å². The van der Waals surface area contributed by atoms with Crippen LogP contribution in [0.2, 0.25) is 0 Å². The van der Waals surface area contributed by atoms with Gasteiger partial charge in [0.25, 0.3) is 0 Å². The summed E-state index contributed by atoms with van der Waals surface area (Å²) in [7, 11) is 0. The summed E-state index contributed by atoms with van der Waals surface area (Å²) in [6.45, 7) is 0. The molecule has 0 aromatic rings. The van der Waals surface area contributed by atoms with E-state index in [0.717, 1.165) is 0 Å². The van der Waals surface area contributed by atoms with E-state index in [1.165, 1.54) is 0 Å². The highest BCUT2D eigenvalue weighted by Crippen LogP contribution is 1.68. The van der Waals surface area contributed by atoms with Crippen molar-refractivity contribution in [2.45, 2.75) is 0 Å². The predicted octanol–water partition coefficient (Wildman–Crippen LogP) is 0.634. The van der Waals surface area contributed by atoms with Gasteiger partial charge in [0, 0.05) is 23.1 Å². The quantitative estimate of drug-likeness (QED) is 0.265. The second kappa shape index (κ2) is 8.84. The SMILES string of the molecule is C#CCBr.[Mg]. The summed E-state index contributed by atoms with van der Waals surface area (Å²) in [4.78, 5) is 0. The number of hydrogen-bond acceptors (Lipinski definition) is 0. The zero-order valence-corrected chi connectivity index (χ0v) is 5.87. The Labute approximate surface area is 56.6 Å². The Morgan fingerprint density at radius 1 is 1.80 bits per heavy atom. The van der Waals surface area contributed by atoms with Gasteiger partial charge in [-0.3, -0.25) is 0 Å². The first-order valence-corrected chi connectivity index (χ1v) is 2.03. The van der Waals surface area contributed by atoms with Crippen molar-refractivity contribution in [3.63, 3.8) is 0 Å². The number of halogens is 1. The highest BCUT2D eigenvalue weighted by molar-refractivity contribution is 9.09. The fourth-order valence-electron chi connectivity index (χ4n) is 0. The zero-order valence-electron chi connectivity index (χ0n) is 2.87. The van der Waals surface area contributed by atoms with Crippen LogP contribution in [0.4, 0.5) is 0 Å². The molecule has 0 rings (SSSR count). The van der Waals surface area contributed by atoms with Crippen molar-refractivity contribution in [2.75, 3.05) is 5.33 Å². The minimum atomic E-state index is 0. The Hall–Kier alpha value is 0.806. The molecule has 0 aliphatic carbocycles. The second-order valence-corrected chi connectivity index (χ2v) is 0.898. The summed E-state index contributed by atoms with van der Waals surface area (Å²) in [5.41, 5.74) is 0. The molecule has 0 aromatic heterocycles. The minimum absolute atomic E-state index is 0. The van der Waals surface area contributed by atoms with E-state index < -0.39 is 0 Å². The molecule has 0 N–H and O–H groups in total. The van der Waals surface area contributed by atoms with Gasteiger partial charge in [-0.2, -0.15) is 0 Å². The molecule has 0 spiro atoms. The maximum atomic E-state index is 4.73. The number of terminal acetylenes is 1. The van der Waals surface area contributed by atoms with E-state index in [9.17, 15) is 0 Å². The Morgan fingerprint density at radius 3 is 2.00 bits per heavy atom. The fourth-order valence-corrected chi connectivity index (χ4v) is 0. The molecule has 0 unspecified atom stereocenters. The van der Waals surface area contributed by atoms with Crippen LogP contribution in [-0.4, -0.2) is 28.4 Å². The smallest absolute Gasteiger partial charge is 0.0642 e. The fraction of sp³-hybridized carbons (Fsp3) is 0.333. The number of hydrogen-bond donors (Lipinski definition) is 0. The third kappa shape index (κ3) is 11.6. The van der Waals surface area contributed by atoms with Crippen molar-refractivity contribution in [1.29, 1.82) is 0 Å². The molecule has 2 heteroatoms. The normalized spacial score (nSPS) is 4.00. The first kappa shape index (κ1) is 9.26. The van der Waals surface area contributed by atoms with Crippen LogP contribution < -0.4 is 0 Å². The van der Waals surface area contributed by atoms with Crippen LogP contribution in [0.3, 0.4) is 0 Å². The van der Waals surface area contributed by atoms with Crippen molar-refractivity contribution < 1.29 is 0 Å². The molecule has 0 nitrogen and oxygen atoms in total. The van der Waals surface area contributed by atoms with Gasteiger partial charge in [-0.1, -0.05) is 21.9 Å². The van der Waals surface area contributed by atoms with Crippen molar-refractivity contribution in [3.05, 3.63) is 0 Å². The van der Waals surface area contributed by atoms with Gasteiger partial charge in [0.05, 0.1) is 5.33 Å². The molecule has 0 aliphatic rings. The summed E-state index contributed by atoms with van der Waals surface area (Å²) in [6.07, 6.45) is 4.73. The summed E-state index contributed by atoms with van der Waals surface area (Å²) >= 11 is 3.01. The lowest BCUT2D eigenvalue weighted by atomic mass is 10.9. The standard InChI is InChI=1S/C3H3Br.Mg/c1-2-3-4;/h1H,3H2;. The Bertz CT molecular complexity index is 36.6. The molecule has 0 atom stereocenters. The van der Waals surface area contributed by atoms with Crippen molar-refractivity contribution >= 4 is 39.0 Å². The van der Waals surface area contributed by atoms with Crippen LogP contribution in [0.1, 0.15) is 0 Å². The van der Waals surface area contributed by atoms with Gasteiger partial charge >= 0.3 is 0 Å². The topological polar surface area (TPSA) is 0 Å². The Morgan fingerprint density at radius 2 is 2.00 bits per heavy atom. The van der Waals surface area contributed by atoms with E-state index in [0.29, 0.717) is 5.33 Å². The molecule has 2 radical (unpaired) electrons. The van der Waals surface area contributed by atoms with Crippen molar-refractivity contribution in [3.8, 4) is 12.3 Å². The highest BCUT2D eigenvalue weighted by atomic mass is 79.9. The molecule has 5 heavy (non-hydrogen) atoms. The van der Waals surface area contributed by atoms with Crippen LogP contribution >= 0.6 is 15.9 Å². The van der Waals surface area contributed by atoms with Gasteiger partial charge in [0.1, 0.15) is 0 Å². The number of alkyl halides is 1. The lowest BCUT2D eigenvalue weighted by molar-refractivity contribution is 2.02. The summed E-state index contributed by atoms with van der Waals surface area (Å²) in [5.74, 6) is 2.35. The monoisotopic (exact) mass is 142 g/mol. The molecule has 0 amide bonds. The third-order valence-corrected chi connectivity index (χ3v) is 0.401. The maximum absolute atomic E-state index is 4.73. The Kier molecular flexibility index (Phi) is 16.4. The van der Waals surface area contributed by atoms with Gasteiger partial charge in [0.2, 0.25) is 0 Å². The van der Waals surface area contributed by atoms with Gasteiger partial charge < -0.3 is 0 Å². The zero-order chi connectivity index (χ0) is 3.41. The summed E-state index contributed by atoms with van der Waals surface area (Å²) in [6, 6.07) is 0. The van der Waals surface area contributed by atoms with E-state index in [1.54, 1.807) is 0 Å².